The molecule has 0 aromatic heterocycles. The molecule has 0 aromatic rings. The van der Waals surface area contributed by atoms with Crippen LogP contribution in [0.3, 0.4) is 0 Å². The molecule has 0 aliphatic heterocycles. The SMILES string of the molecule is CC(CS(C)=O)NCC(O)C(F)(F)F. The zero-order chi connectivity index (χ0) is 11.4. The van der Waals surface area contributed by atoms with E-state index in [1.807, 2.05) is 0 Å². The van der Waals surface area contributed by atoms with Gasteiger partial charge in [0, 0.05) is 35.4 Å². The summed E-state index contributed by atoms with van der Waals surface area (Å²) in [6.45, 7) is 1.05. The lowest BCUT2D eigenvalue weighted by molar-refractivity contribution is -0.202. The van der Waals surface area contributed by atoms with Crippen molar-refractivity contribution in [2.45, 2.75) is 25.2 Å². The monoisotopic (exact) mass is 233 g/mol. The van der Waals surface area contributed by atoms with E-state index in [4.69, 9.17) is 5.11 Å². The van der Waals surface area contributed by atoms with E-state index in [9.17, 15) is 17.4 Å². The van der Waals surface area contributed by atoms with Gasteiger partial charge in [0.2, 0.25) is 0 Å². The molecule has 0 aliphatic carbocycles. The highest BCUT2D eigenvalue weighted by molar-refractivity contribution is 7.84. The molecule has 86 valence electrons. The van der Waals surface area contributed by atoms with Crippen LogP contribution in [0.1, 0.15) is 6.92 Å². The number of nitrogens with one attached hydrogen (secondary N) is 1. The van der Waals surface area contributed by atoms with E-state index in [0.717, 1.165) is 0 Å². The van der Waals surface area contributed by atoms with Crippen LogP contribution in [0.15, 0.2) is 0 Å². The van der Waals surface area contributed by atoms with Crippen LogP contribution in [0, 0.1) is 0 Å². The Morgan fingerprint density at radius 2 is 2.00 bits per heavy atom. The molecule has 0 heterocycles. The van der Waals surface area contributed by atoms with Crippen molar-refractivity contribution < 1.29 is 22.5 Å². The van der Waals surface area contributed by atoms with E-state index >= 15 is 0 Å². The van der Waals surface area contributed by atoms with Crippen LogP contribution in [0.5, 0.6) is 0 Å². The van der Waals surface area contributed by atoms with Crippen molar-refractivity contribution in [1.29, 1.82) is 0 Å². The predicted molar refractivity (Wildman–Crippen MR) is 48.5 cm³/mol. The second kappa shape index (κ2) is 5.67. The van der Waals surface area contributed by atoms with Crippen molar-refractivity contribution in [3.63, 3.8) is 0 Å². The summed E-state index contributed by atoms with van der Waals surface area (Å²) < 4.78 is 46.1. The maximum Gasteiger partial charge on any atom is 0.415 e. The Labute approximate surface area is 83.1 Å². The lowest BCUT2D eigenvalue weighted by Gasteiger charge is -2.18. The molecule has 0 aromatic carbocycles. The fourth-order valence-corrected chi connectivity index (χ4v) is 1.66. The van der Waals surface area contributed by atoms with E-state index < -0.39 is 29.6 Å². The van der Waals surface area contributed by atoms with E-state index in [1.54, 1.807) is 6.92 Å². The first kappa shape index (κ1) is 13.9. The molecular weight excluding hydrogens is 219 g/mol. The number of aliphatic hydroxyl groups excluding tert-OH is 1. The Bertz CT molecular complexity index is 198. The molecule has 0 bridgehead atoms. The van der Waals surface area contributed by atoms with Gasteiger partial charge in [-0.3, -0.25) is 4.21 Å². The topological polar surface area (TPSA) is 49.3 Å². The highest BCUT2D eigenvalue weighted by Crippen LogP contribution is 2.19. The smallest absolute Gasteiger partial charge is 0.382 e. The Balaban J connectivity index is 3.77. The molecule has 0 spiro atoms. The van der Waals surface area contributed by atoms with Crippen LogP contribution in [-0.2, 0) is 10.8 Å². The second-order valence-electron chi connectivity index (χ2n) is 3.11. The average Bonchev–Trinajstić information content (AvgIpc) is 1.96. The molecule has 0 saturated carbocycles. The Morgan fingerprint density at radius 1 is 1.50 bits per heavy atom. The highest BCUT2D eigenvalue weighted by Gasteiger charge is 2.37. The standard InChI is InChI=1S/C7H14F3NO2S/c1-5(4-14(2)13)11-3-6(12)7(8,9)10/h5-6,11-12H,3-4H2,1-2H3. The Morgan fingerprint density at radius 3 is 2.36 bits per heavy atom. The minimum atomic E-state index is -4.60. The van der Waals surface area contributed by atoms with Crippen molar-refractivity contribution in [3.8, 4) is 0 Å². The van der Waals surface area contributed by atoms with Crippen LogP contribution in [0.2, 0.25) is 0 Å². The number of alkyl halides is 3. The zero-order valence-electron chi connectivity index (χ0n) is 7.97. The molecule has 14 heavy (non-hydrogen) atoms. The van der Waals surface area contributed by atoms with Gasteiger partial charge in [-0.1, -0.05) is 0 Å². The van der Waals surface area contributed by atoms with Gasteiger partial charge in [-0.25, -0.2) is 0 Å². The Hall–Kier alpha value is -0.140. The van der Waals surface area contributed by atoms with E-state index in [-0.39, 0.29) is 11.8 Å². The summed E-state index contributed by atoms with van der Waals surface area (Å²) >= 11 is 0. The van der Waals surface area contributed by atoms with Crippen LogP contribution in [0.4, 0.5) is 13.2 Å². The molecule has 7 heteroatoms. The van der Waals surface area contributed by atoms with Crippen molar-refractivity contribution in [2.75, 3.05) is 18.6 Å². The molecule has 0 amide bonds. The first-order valence-electron chi connectivity index (χ1n) is 4.01. The van der Waals surface area contributed by atoms with Crippen molar-refractivity contribution in [3.05, 3.63) is 0 Å². The molecule has 0 radical (unpaired) electrons. The normalized spacial score (nSPS) is 19.0. The lowest BCUT2D eigenvalue weighted by Crippen LogP contribution is -2.43. The first-order valence-corrected chi connectivity index (χ1v) is 5.74. The van der Waals surface area contributed by atoms with E-state index in [2.05, 4.69) is 5.32 Å². The van der Waals surface area contributed by atoms with Gasteiger partial charge in [-0.15, -0.1) is 0 Å². The van der Waals surface area contributed by atoms with Gasteiger partial charge in [0.25, 0.3) is 0 Å². The van der Waals surface area contributed by atoms with Crippen LogP contribution in [0.25, 0.3) is 0 Å². The molecular formula is C7H14F3NO2S. The fraction of sp³-hybridized carbons (Fsp3) is 1.00. The fourth-order valence-electron chi connectivity index (χ4n) is 0.840. The van der Waals surface area contributed by atoms with E-state index in [0.29, 0.717) is 0 Å². The molecule has 3 unspecified atom stereocenters. The third kappa shape index (κ3) is 6.33. The molecule has 0 aliphatic rings. The third-order valence-corrected chi connectivity index (χ3v) is 2.49. The summed E-state index contributed by atoms with van der Waals surface area (Å²) in [4.78, 5) is 0. The minimum absolute atomic E-state index is 0.268. The molecule has 3 nitrogen and oxygen atoms in total. The maximum atomic E-state index is 11.8. The summed E-state index contributed by atoms with van der Waals surface area (Å²) in [5.41, 5.74) is 0. The maximum absolute atomic E-state index is 11.8. The van der Waals surface area contributed by atoms with Crippen molar-refractivity contribution in [1.82, 2.24) is 5.32 Å². The summed E-state index contributed by atoms with van der Waals surface area (Å²) in [6.07, 6.45) is -5.49. The van der Waals surface area contributed by atoms with Crippen LogP contribution >= 0.6 is 0 Å². The van der Waals surface area contributed by atoms with Gasteiger partial charge in [0.05, 0.1) is 0 Å². The molecule has 2 N–H and O–H groups in total. The average molecular weight is 233 g/mol. The van der Waals surface area contributed by atoms with Gasteiger partial charge in [0.15, 0.2) is 6.10 Å². The molecule has 0 saturated heterocycles. The van der Waals surface area contributed by atoms with Crippen molar-refractivity contribution >= 4 is 10.8 Å². The lowest BCUT2D eigenvalue weighted by atomic mass is 10.3. The minimum Gasteiger partial charge on any atom is -0.382 e. The summed E-state index contributed by atoms with van der Waals surface area (Å²) in [5.74, 6) is 0.268. The summed E-state index contributed by atoms with van der Waals surface area (Å²) in [5, 5.41) is 11.1. The Kier molecular flexibility index (Phi) is 5.61. The van der Waals surface area contributed by atoms with Crippen molar-refractivity contribution in [2.24, 2.45) is 0 Å². The van der Waals surface area contributed by atoms with Gasteiger partial charge < -0.3 is 10.4 Å². The van der Waals surface area contributed by atoms with Gasteiger partial charge in [-0.2, -0.15) is 13.2 Å². The van der Waals surface area contributed by atoms with Gasteiger partial charge in [0.1, 0.15) is 0 Å². The van der Waals surface area contributed by atoms with Gasteiger partial charge >= 0.3 is 6.18 Å². The number of hydrogen-bond donors (Lipinski definition) is 2. The second-order valence-corrected chi connectivity index (χ2v) is 4.59. The predicted octanol–water partition coefficient (Wildman–Crippen LogP) is 0.266. The number of aliphatic hydroxyl groups is 1. The third-order valence-electron chi connectivity index (χ3n) is 1.52. The molecule has 0 rings (SSSR count). The number of halogens is 3. The van der Waals surface area contributed by atoms with E-state index in [1.165, 1.54) is 6.26 Å². The zero-order valence-corrected chi connectivity index (χ0v) is 8.78. The molecule has 3 atom stereocenters. The van der Waals surface area contributed by atoms with Crippen LogP contribution in [-0.4, -0.2) is 46.2 Å². The highest BCUT2D eigenvalue weighted by atomic mass is 32.2. The number of rotatable bonds is 5. The quantitative estimate of drug-likeness (QED) is 0.716. The first-order chi connectivity index (χ1) is 6.23. The summed E-state index contributed by atoms with van der Waals surface area (Å²) in [6, 6.07) is -0.308. The number of hydrogen-bond acceptors (Lipinski definition) is 3. The van der Waals surface area contributed by atoms with Gasteiger partial charge in [-0.05, 0) is 6.92 Å². The summed E-state index contributed by atoms with van der Waals surface area (Å²) in [7, 11) is -1.06. The largest absolute Gasteiger partial charge is 0.415 e. The molecule has 0 fully saturated rings. The van der Waals surface area contributed by atoms with Crippen LogP contribution < -0.4 is 5.32 Å².